The smallest absolute Gasteiger partial charge is 0.406 e. The Balaban J connectivity index is 1.24. The molecule has 2 aromatic heterocycles. The number of benzene rings is 2. The third kappa shape index (κ3) is 9.03. The monoisotopic (exact) mass is 608 g/mol. The van der Waals surface area contributed by atoms with E-state index >= 15 is 0 Å². The minimum absolute atomic E-state index is 0.0181. The van der Waals surface area contributed by atoms with Gasteiger partial charge in [-0.05, 0) is 23.8 Å². The van der Waals surface area contributed by atoms with E-state index in [1.54, 1.807) is 30.3 Å². The molecule has 17 heteroatoms. The molecule has 0 bridgehead atoms. The summed E-state index contributed by atoms with van der Waals surface area (Å²) in [6.45, 7) is -1.00. The minimum atomic E-state index is -4.96. The number of nitrogens with one attached hydrogen (secondary N) is 2. The van der Waals surface area contributed by atoms with Gasteiger partial charge in [-0.3, -0.25) is 14.3 Å². The van der Waals surface area contributed by atoms with E-state index in [4.69, 9.17) is 0 Å². The number of aryl methyl sites for hydroxylation is 1. The van der Waals surface area contributed by atoms with Gasteiger partial charge in [-0.25, -0.2) is 13.5 Å². The fourth-order valence-electron chi connectivity index (χ4n) is 3.87. The minimum Gasteiger partial charge on any atom is -0.406 e. The molecule has 0 aliphatic heterocycles. The zero-order chi connectivity index (χ0) is 31.0. The fourth-order valence-corrected chi connectivity index (χ4v) is 3.87. The van der Waals surface area contributed by atoms with Gasteiger partial charge < -0.3 is 20.5 Å². The number of aliphatic hydroxyl groups is 1. The van der Waals surface area contributed by atoms with Gasteiger partial charge in [0, 0.05) is 25.1 Å². The summed E-state index contributed by atoms with van der Waals surface area (Å²) < 4.78 is 71.9. The molecule has 2 amide bonds. The number of ether oxygens (including phenoxy) is 1. The second-order valence-electron chi connectivity index (χ2n) is 9.18. The number of nitrogens with zero attached hydrogens (tertiary/aromatic N) is 6. The Labute approximate surface area is 240 Å². The van der Waals surface area contributed by atoms with Crippen molar-refractivity contribution in [3.05, 3.63) is 89.3 Å². The van der Waals surface area contributed by atoms with Crippen LogP contribution in [0.25, 0.3) is 0 Å². The van der Waals surface area contributed by atoms with E-state index in [2.05, 4.69) is 36.0 Å². The molecule has 43 heavy (non-hydrogen) atoms. The predicted octanol–water partition coefficient (Wildman–Crippen LogP) is 2.73. The molecule has 4 rings (SSSR count). The molecule has 0 aliphatic rings. The maximum Gasteiger partial charge on any atom is 0.573 e. The van der Waals surface area contributed by atoms with Crippen LogP contribution in [0, 0.1) is 5.82 Å². The van der Waals surface area contributed by atoms with Crippen LogP contribution >= 0.6 is 0 Å². The molecule has 0 spiro atoms. The maximum atomic E-state index is 14.6. The number of amides is 2. The molecule has 3 N–H and O–H groups in total. The molecule has 0 fully saturated rings. The zero-order valence-electron chi connectivity index (χ0n) is 22.2. The van der Waals surface area contributed by atoms with Crippen molar-refractivity contribution in [1.29, 1.82) is 0 Å². The van der Waals surface area contributed by atoms with Crippen LogP contribution in [0.5, 0.6) is 5.75 Å². The molecule has 12 nitrogen and oxygen atoms in total. The molecular weight excluding hydrogens is 583 g/mol. The lowest BCUT2D eigenvalue weighted by molar-refractivity contribution is -0.274. The topological polar surface area (TPSA) is 149 Å². The lowest BCUT2D eigenvalue weighted by Crippen LogP contribution is -2.31. The lowest BCUT2D eigenvalue weighted by Gasteiger charge is -2.15. The van der Waals surface area contributed by atoms with Crippen molar-refractivity contribution in [2.75, 3.05) is 6.61 Å². The highest BCUT2D eigenvalue weighted by Gasteiger charge is 2.31. The quantitative estimate of drug-likeness (QED) is 0.196. The first-order valence-electron chi connectivity index (χ1n) is 12.7. The number of hydrogen-bond acceptors (Lipinski definition) is 8. The van der Waals surface area contributed by atoms with Crippen molar-refractivity contribution in [3.63, 3.8) is 0 Å². The first-order chi connectivity index (χ1) is 20.5. The molecule has 2 atom stereocenters. The zero-order valence-corrected chi connectivity index (χ0v) is 22.2. The lowest BCUT2D eigenvalue weighted by atomic mass is 10.1. The molecule has 2 heterocycles. The number of carbonyl (C=O) groups excluding carboxylic acids is 2. The maximum absolute atomic E-state index is 14.6. The Morgan fingerprint density at radius 1 is 0.977 bits per heavy atom. The van der Waals surface area contributed by atoms with E-state index in [0.29, 0.717) is 5.56 Å². The molecule has 0 radical (unpaired) electrons. The Morgan fingerprint density at radius 3 is 2.35 bits per heavy atom. The summed E-state index contributed by atoms with van der Waals surface area (Å²) in [6, 6.07) is 10.6. The number of alkyl halides is 4. The van der Waals surface area contributed by atoms with Crippen LogP contribution in [0.15, 0.2) is 60.9 Å². The third-order valence-electron chi connectivity index (χ3n) is 5.98. The van der Waals surface area contributed by atoms with Crippen molar-refractivity contribution in [1.82, 2.24) is 40.6 Å². The van der Waals surface area contributed by atoms with Gasteiger partial charge in [0.25, 0.3) is 11.8 Å². The van der Waals surface area contributed by atoms with Gasteiger partial charge in [-0.2, -0.15) is 0 Å². The van der Waals surface area contributed by atoms with Crippen LogP contribution in [0.1, 0.15) is 44.6 Å². The van der Waals surface area contributed by atoms with Gasteiger partial charge in [-0.15, -0.1) is 23.4 Å². The molecule has 228 valence electrons. The predicted molar refractivity (Wildman–Crippen MR) is 138 cm³/mol. The van der Waals surface area contributed by atoms with Crippen LogP contribution in [0.2, 0.25) is 0 Å². The summed E-state index contributed by atoms with van der Waals surface area (Å²) in [5.41, 5.74) is 0.206. The van der Waals surface area contributed by atoms with E-state index < -0.39 is 48.5 Å². The Kier molecular flexibility index (Phi) is 9.97. The number of aromatic nitrogens is 6. The molecule has 4 aromatic rings. The fraction of sp³-hybridized carbons (Fsp3) is 0.308. The Morgan fingerprint density at radius 2 is 1.65 bits per heavy atom. The second kappa shape index (κ2) is 13.8. The first kappa shape index (κ1) is 31.0. The van der Waals surface area contributed by atoms with Crippen LogP contribution in [-0.4, -0.2) is 66.0 Å². The normalized spacial score (nSPS) is 12.9. The number of rotatable bonds is 13. The molecule has 1 unspecified atom stereocenters. The third-order valence-corrected chi connectivity index (χ3v) is 5.98. The average Bonchev–Trinajstić information content (AvgIpc) is 3.65. The van der Waals surface area contributed by atoms with Gasteiger partial charge >= 0.3 is 6.36 Å². The van der Waals surface area contributed by atoms with E-state index in [9.17, 15) is 36.6 Å². The second-order valence-corrected chi connectivity index (χ2v) is 9.18. The summed E-state index contributed by atoms with van der Waals surface area (Å²) >= 11 is 0. The van der Waals surface area contributed by atoms with Crippen molar-refractivity contribution >= 4 is 11.8 Å². The van der Waals surface area contributed by atoms with E-state index in [1.807, 2.05) is 0 Å². The number of carbonyl (C=O) groups is 2. The van der Waals surface area contributed by atoms with Crippen molar-refractivity contribution < 1.29 is 41.4 Å². The molecule has 2 aromatic carbocycles. The van der Waals surface area contributed by atoms with E-state index in [-0.39, 0.29) is 43.1 Å². The van der Waals surface area contributed by atoms with Crippen LogP contribution in [0.3, 0.4) is 0 Å². The molecule has 0 saturated heterocycles. The molecule has 0 saturated carbocycles. The number of halogens is 5. The van der Waals surface area contributed by atoms with E-state index in [1.165, 1.54) is 17.1 Å². The first-order valence-corrected chi connectivity index (χ1v) is 12.7. The summed E-state index contributed by atoms with van der Waals surface area (Å²) in [6.07, 6.45) is -3.97. The Bertz CT molecular complexity index is 1530. The largest absolute Gasteiger partial charge is 0.573 e. The van der Waals surface area contributed by atoms with Crippen LogP contribution in [-0.2, 0) is 19.6 Å². The summed E-state index contributed by atoms with van der Waals surface area (Å²) in [7, 11) is 0. The SMILES string of the molecule is O=C(NCc1cc(OC(F)(F)F)ccc1F)c1cn(CCC(F)Cn2cc(C(=O)N[C@@H](CO)c3ccccc3)nn2)nn1. The standard InChI is InChI=1S/C26H25F5N8O4/c27-18(12-39-14-22(35-37-39)25(42)33-23(15-40)16-4-2-1-3-5-16)8-9-38-13-21(34-36-38)24(41)32-11-17-10-19(6-7-20(17)28)43-26(29,30)31/h1-7,10,13-14,18,23,40H,8-9,11-12,15H2,(H,32,41)(H,33,42)/t18?,23-/m0/s1. The van der Waals surface area contributed by atoms with Gasteiger partial charge in [0.15, 0.2) is 11.4 Å². The van der Waals surface area contributed by atoms with Gasteiger partial charge in [-0.1, -0.05) is 40.8 Å². The highest BCUT2D eigenvalue weighted by molar-refractivity contribution is 5.92. The van der Waals surface area contributed by atoms with Gasteiger partial charge in [0.1, 0.15) is 17.7 Å². The molecular formula is C26H25F5N8O4. The summed E-state index contributed by atoms with van der Waals surface area (Å²) in [4.78, 5) is 24.9. The summed E-state index contributed by atoms with van der Waals surface area (Å²) in [5.74, 6) is -2.88. The highest BCUT2D eigenvalue weighted by atomic mass is 19.4. The average molecular weight is 609 g/mol. The van der Waals surface area contributed by atoms with Crippen molar-refractivity contribution in [2.24, 2.45) is 0 Å². The summed E-state index contributed by atoms with van der Waals surface area (Å²) in [5, 5.41) is 29.5. The van der Waals surface area contributed by atoms with Crippen LogP contribution < -0.4 is 15.4 Å². The van der Waals surface area contributed by atoms with Crippen molar-refractivity contribution in [3.8, 4) is 5.75 Å². The Hall–Kier alpha value is -4.93. The van der Waals surface area contributed by atoms with Crippen molar-refractivity contribution in [2.45, 2.75) is 44.6 Å². The number of aliphatic hydroxyl groups excluding tert-OH is 1. The van der Waals surface area contributed by atoms with E-state index in [0.717, 1.165) is 22.9 Å². The highest BCUT2D eigenvalue weighted by Crippen LogP contribution is 2.24. The molecule has 0 aliphatic carbocycles. The number of hydrogen-bond donors (Lipinski definition) is 3. The van der Waals surface area contributed by atoms with Gasteiger partial charge in [0.05, 0.1) is 31.6 Å². The van der Waals surface area contributed by atoms with Gasteiger partial charge in [0.2, 0.25) is 0 Å². The van der Waals surface area contributed by atoms with Crippen LogP contribution in [0.4, 0.5) is 22.0 Å².